The molecular weight excluding hydrogens is 346 g/mol. The van der Waals surface area contributed by atoms with Gasteiger partial charge >= 0.3 is 0 Å². The van der Waals surface area contributed by atoms with E-state index in [-0.39, 0.29) is 17.5 Å². The molecule has 0 aliphatic rings. The number of carbonyl (C=O) groups excluding carboxylic acids is 1. The zero-order chi connectivity index (χ0) is 20.5. The normalized spacial score (nSPS) is 12.2. The summed E-state index contributed by atoms with van der Waals surface area (Å²) < 4.78 is 0. The largest absolute Gasteiger partial charge is 0.360 e. The lowest BCUT2D eigenvalue weighted by Crippen LogP contribution is -2.28. The third kappa shape index (κ3) is 5.23. The van der Waals surface area contributed by atoms with Crippen LogP contribution >= 0.6 is 0 Å². The fourth-order valence-electron chi connectivity index (χ4n) is 3.12. The average Bonchev–Trinajstić information content (AvgIpc) is 2.73. The van der Waals surface area contributed by atoms with Gasteiger partial charge in [0.15, 0.2) is 0 Å². The minimum absolute atomic E-state index is 0.0602. The summed E-state index contributed by atoms with van der Waals surface area (Å²) in [5.41, 5.74) is 5.64. The Hall–Kier alpha value is -3.06. The smallest absolute Gasteiger partial charge is 0.263 e. The first-order valence-corrected chi connectivity index (χ1v) is 9.91. The maximum absolute atomic E-state index is 12.6. The first kappa shape index (κ1) is 21.2. The Kier molecular flexibility index (Phi) is 7.83. The highest BCUT2D eigenvalue weighted by Gasteiger charge is 2.14. The molecule has 28 heavy (non-hydrogen) atoms. The lowest BCUT2D eigenvalue weighted by atomic mass is 10.0. The highest BCUT2D eigenvalue weighted by Crippen LogP contribution is 2.23. The highest BCUT2D eigenvalue weighted by atomic mass is 16.1. The van der Waals surface area contributed by atoms with Crippen LogP contribution < -0.4 is 10.6 Å². The SMILES string of the molecule is CCc1ccc(C(C)NC(=O)/C(C#N)=C\Nc2c(CC)cccc2CC)cc1. The molecule has 0 aromatic heterocycles. The summed E-state index contributed by atoms with van der Waals surface area (Å²) in [6, 6.07) is 16.1. The standard InChI is InChI=1S/C24H29N3O/c1-5-18-11-13-21(14-12-18)17(4)27-24(28)22(15-25)16-26-23-19(6-2)9-8-10-20(23)7-3/h8-14,16-17,26H,5-7H2,1-4H3,(H,27,28)/b22-16-. The number of amides is 1. The average molecular weight is 376 g/mol. The number of hydrogen-bond acceptors (Lipinski definition) is 3. The number of carbonyl (C=O) groups is 1. The number of nitriles is 1. The summed E-state index contributed by atoms with van der Waals surface area (Å²) in [6.07, 6.45) is 4.24. The molecule has 4 nitrogen and oxygen atoms in total. The molecule has 0 aliphatic carbocycles. The quantitative estimate of drug-likeness (QED) is 0.500. The van der Waals surface area contributed by atoms with E-state index in [9.17, 15) is 10.1 Å². The number of rotatable bonds is 8. The Morgan fingerprint density at radius 3 is 2.14 bits per heavy atom. The molecule has 2 N–H and O–H groups in total. The second kappa shape index (κ2) is 10.3. The molecule has 0 fully saturated rings. The molecule has 2 rings (SSSR count). The highest BCUT2D eigenvalue weighted by molar-refractivity contribution is 5.97. The van der Waals surface area contributed by atoms with Gasteiger partial charge in [0.25, 0.3) is 5.91 Å². The van der Waals surface area contributed by atoms with Gasteiger partial charge < -0.3 is 10.6 Å². The van der Waals surface area contributed by atoms with E-state index in [1.807, 2.05) is 31.2 Å². The van der Waals surface area contributed by atoms with E-state index < -0.39 is 0 Å². The molecule has 1 unspecified atom stereocenters. The van der Waals surface area contributed by atoms with Crippen molar-refractivity contribution in [1.82, 2.24) is 5.32 Å². The third-order valence-corrected chi connectivity index (χ3v) is 4.96. The summed E-state index contributed by atoms with van der Waals surface area (Å²) in [5, 5.41) is 15.6. The van der Waals surface area contributed by atoms with Crippen LogP contribution in [-0.2, 0) is 24.1 Å². The second-order valence-electron chi connectivity index (χ2n) is 6.76. The van der Waals surface area contributed by atoms with Gasteiger partial charge in [-0.25, -0.2) is 0 Å². The van der Waals surface area contributed by atoms with Gasteiger partial charge in [-0.15, -0.1) is 0 Å². The molecular formula is C24H29N3O. The van der Waals surface area contributed by atoms with Crippen molar-refractivity contribution >= 4 is 11.6 Å². The van der Waals surface area contributed by atoms with Crippen molar-refractivity contribution in [2.24, 2.45) is 0 Å². The molecule has 0 spiro atoms. The summed E-state index contributed by atoms with van der Waals surface area (Å²) in [5.74, 6) is -0.380. The molecule has 2 aromatic rings. The van der Waals surface area contributed by atoms with Gasteiger partial charge in [-0.1, -0.05) is 63.2 Å². The predicted octanol–water partition coefficient (Wildman–Crippen LogP) is 5.07. The van der Waals surface area contributed by atoms with Crippen molar-refractivity contribution in [2.45, 2.75) is 53.0 Å². The van der Waals surface area contributed by atoms with Gasteiger partial charge in [-0.3, -0.25) is 4.79 Å². The monoisotopic (exact) mass is 375 g/mol. The molecule has 1 amide bonds. The van der Waals surface area contributed by atoms with E-state index in [1.165, 1.54) is 11.8 Å². The molecule has 0 aliphatic heterocycles. The molecule has 1 atom stereocenters. The lowest BCUT2D eigenvalue weighted by molar-refractivity contribution is -0.117. The number of anilines is 1. The van der Waals surface area contributed by atoms with E-state index >= 15 is 0 Å². The molecule has 0 saturated heterocycles. The second-order valence-corrected chi connectivity index (χ2v) is 6.76. The Balaban J connectivity index is 2.14. The molecule has 146 valence electrons. The van der Waals surface area contributed by atoms with Crippen LogP contribution in [0.4, 0.5) is 5.69 Å². The van der Waals surface area contributed by atoms with Crippen LogP contribution in [0.3, 0.4) is 0 Å². The minimum atomic E-state index is -0.380. The van der Waals surface area contributed by atoms with E-state index in [1.54, 1.807) is 0 Å². The van der Waals surface area contributed by atoms with Crippen molar-refractivity contribution in [2.75, 3.05) is 5.32 Å². The number of benzene rings is 2. The molecule has 0 heterocycles. The Morgan fingerprint density at radius 1 is 1.04 bits per heavy atom. The number of aryl methyl sites for hydroxylation is 3. The molecule has 4 heteroatoms. The minimum Gasteiger partial charge on any atom is -0.360 e. The molecule has 0 bridgehead atoms. The summed E-state index contributed by atoms with van der Waals surface area (Å²) >= 11 is 0. The number of hydrogen-bond donors (Lipinski definition) is 2. The first-order chi connectivity index (χ1) is 13.5. The molecule has 2 aromatic carbocycles. The fraction of sp³-hybridized carbons (Fsp3) is 0.333. The van der Waals surface area contributed by atoms with Crippen LogP contribution in [0.25, 0.3) is 0 Å². The van der Waals surface area contributed by atoms with Crippen LogP contribution in [0, 0.1) is 11.3 Å². The van der Waals surface area contributed by atoms with Gasteiger partial charge in [-0.2, -0.15) is 5.26 Å². The topological polar surface area (TPSA) is 64.9 Å². The number of nitrogens with zero attached hydrogens (tertiary/aromatic N) is 1. The van der Waals surface area contributed by atoms with E-state index in [0.717, 1.165) is 41.6 Å². The van der Waals surface area contributed by atoms with Crippen LogP contribution in [0.2, 0.25) is 0 Å². The maximum atomic E-state index is 12.6. The number of para-hydroxylation sites is 1. The summed E-state index contributed by atoms with van der Waals surface area (Å²) in [6.45, 7) is 8.21. The van der Waals surface area contributed by atoms with Crippen LogP contribution in [-0.4, -0.2) is 5.91 Å². The fourth-order valence-corrected chi connectivity index (χ4v) is 3.12. The predicted molar refractivity (Wildman–Crippen MR) is 115 cm³/mol. The van der Waals surface area contributed by atoms with Crippen LogP contribution in [0.15, 0.2) is 54.2 Å². The van der Waals surface area contributed by atoms with Gasteiger partial charge in [-0.05, 0) is 48.4 Å². The summed E-state index contributed by atoms with van der Waals surface area (Å²) in [4.78, 5) is 12.6. The Labute approximate surface area is 168 Å². The van der Waals surface area contributed by atoms with Crippen LogP contribution in [0.5, 0.6) is 0 Å². The first-order valence-electron chi connectivity index (χ1n) is 9.91. The van der Waals surface area contributed by atoms with Crippen LogP contribution in [0.1, 0.15) is 56.0 Å². The van der Waals surface area contributed by atoms with E-state index in [2.05, 4.69) is 55.7 Å². The van der Waals surface area contributed by atoms with Crippen molar-refractivity contribution < 1.29 is 4.79 Å². The van der Waals surface area contributed by atoms with Gasteiger partial charge in [0.05, 0.1) is 6.04 Å². The lowest BCUT2D eigenvalue weighted by Gasteiger charge is -2.15. The Morgan fingerprint density at radius 2 is 1.64 bits per heavy atom. The number of nitrogens with one attached hydrogen (secondary N) is 2. The Bertz CT molecular complexity index is 853. The third-order valence-electron chi connectivity index (χ3n) is 4.96. The maximum Gasteiger partial charge on any atom is 0.263 e. The van der Waals surface area contributed by atoms with Gasteiger partial charge in [0.1, 0.15) is 11.6 Å². The molecule has 0 radical (unpaired) electrons. The van der Waals surface area contributed by atoms with Gasteiger partial charge in [0, 0.05) is 11.9 Å². The zero-order valence-electron chi connectivity index (χ0n) is 17.2. The van der Waals surface area contributed by atoms with E-state index in [4.69, 9.17) is 0 Å². The molecule has 0 saturated carbocycles. The van der Waals surface area contributed by atoms with Crippen molar-refractivity contribution in [3.8, 4) is 6.07 Å². The van der Waals surface area contributed by atoms with Crippen molar-refractivity contribution in [3.05, 3.63) is 76.5 Å². The van der Waals surface area contributed by atoms with E-state index in [0.29, 0.717) is 0 Å². The van der Waals surface area contributed by atoms with Crippen molar-refractivity contribution in [3.63, 3.8) is 0 Å². The zero-order valence-corrected chi connectivity index (χ0v) is 17.2. The van der Waals surface area contributed by atoms with Gasteiger partial charge in [0.2, 0.25) is 0 Å². The summed E-state index contributed by atoms with van der Waals surface area (Å²) in [7, 11) is 0. The van der Waals surface area contributed by atoms with Crippen molar-refractivity contribution in [1.29, 1.82) is 5.26 Å².